The number of nitrogens with zero attached hydrogens (tertiary/aromatic N) is 4. The second-order valence-electron chi connectivity index (χ2n) is 3.99. The van der Waals surface area contributed by atoms with Crippen LogP contribution in [0.15, 0.2) is 35.2 Å². The molecule has 3 aromatic heterocycles. The highest BCUT2D eigenvalue weighted by Gasteiger charge is 2.15. The molecule has 1 N–H and O–H groups in total. The molecule has 0 amide bonds. The van der Waals surface area contributed by atoms with Crippen LogP contribution in [-0.2, 0) is 0 Å². The molecule has 0 saturated carbocycles. The van der Waals surface area contributed by atoms with Gasteiger partial charge in [0.1, 0.15) is 0 Å². The molecule has 0 aliphatic rings. The van der Waals surface area contributed by atoms with Gasteiger partial charge in [0.2, 0.25) is 0 Å². The Morgan fingerprint density at radius 3 is 2.80 bits per heavy atom. The van der Waals surface area contributed by atoms with Crippen LogP contribution in [0, 0.1) is 0 Å². The van der Waals surface area contributed by atoms with Crippen molar-refractivity contribution in [3.05, 3.63) is 45.8 Å². The Labute approximate surface area is 126 Å². The van der Waals surface area contributed by atoms with E-state index in [1.807, 2.05) is 6.07 Å². The summed E-state index contributed by atoms with van der Waals surface area (Å²) >= 11 is 9.35. The number of carboxylic acids is 1. The van der Waals surface area contributed by atoms with Gasteiger partial charge in [0.05, 0.1) is 10.6 Å². The topological polar surface area (TPSA) is 80.4 Å². The Balaban J connectivity index is 2.29. The van der Waals surface area contributed by atoms with E-state index in [1.54, 1.807) is 12.4 Å². The first-order valence-electron chi connectivity index (χ1n) is 5.45. The summed E-state index contributed by atoms with van der Waals surface area (Å²) in [4.78, 5) is 15.1. The molecule has 0 spiro atoms. The first-order valence-corrected chi connectivity index (χ1v) is 6.62. The van der Waals surface area contributed by atoms with Crippen molar-refractivity contribution in [1.82, 2.24) is 19.6 Å². The molecule has 20 heavy (non-hydrogen) atoms. The van der Waals surface area contributed by atoms with Gasteiger partial charge in [-0.25, -0.2) is 4.79 Å². The van der Waals surface area contributed by atoms with Crippen molar-refractivity contribution < 1.29 is 9.90 Å². The van der Waals surface area contributed by atoms with Crippen LogP contribution < -0.4 is 0 Å². The first-order chi connectivity index (χ1) is 9.56. The van der Waals surface area contributed by atoms with Crippen LogP contribution in [0.4, 0.5) is 0 Å². The van der Waals surface area contributed by atoms with Crippen molar-refractivity contribution in [2.45, 2.75) is 0 Å². The van der Waals surface area contributed by atoms with Gasteiger partial charge in [-0.15, -0.1) is 10.2 Å². The largest absolute Gasteiger partial charge is 0.478 e. The smallest absolute Gasteiger partial charge is 0.337 e. The van der Waals surface area contributed by atoms with Crippen LogP contribution in [0.25, 0.3) is 17.0 Å². The van der Waals surface area contributed by atoms with Gasteiger partial charge in [0, 0.05) is 28.6 Å². The molecule has 3 aromatic rings. The van der Waals surface area contributed by atoms with Gasteiger partial charge in [-0.2, -0.15) is 0 Å². The Morgan fingerprint density at radius 2 is 2.10 bits per heavy atom. The third-order valence-electron chi connectivity index (χ3n) is 2.67. The number of rotatable bonds is 2. The number of aromatic nitrogens is 4. The fourth-order valence-corrected chi connectivity index (χ4v) is 2.41. The second kappa shape index (κ2) is 4.84. The van der Waals surface area contributed by atoms with E-state index in [4.69, 9.17) is 16.7 Å². The van der Waals surface area contributed by atoms with Crippen molar-refractivity contribution in [3.63, 3.8) is 0 Å². The quantitative estimate of drug-likeness (QED) is 0.766. The third-order valence-corrected chi connectivity index (χ3v) is 3.38. The summed E-state index contributed by atoms with van der Waals surface area (Å²) in [6.45, 7) is 0. The molecule has 6 nitrogen and oxygen atoms in total. The maximum atomic E-state index is 11.1. The summed E-state index contributed by atoms with van der Waals surface area (Å²) in [5, 5.41) is 17.3. The van der Waals surface area contributed by atoms with Crippen LogP contribution in [0.5, 0.6) is 0 Å². The van der Waals surface area contributed by atoms with Crippen LogP contribution >= 0.6 is 27.5 Å². The highest BCUT2D eigenvalue weighted by molar-refractivity contribution is 9.10. The first kappa shape index (κ1) is 13.0. The van der Waals surface area contributed by atoms with E-state index < -0.39 is 5.97 Å². The Morgan fingerprint density at radius 1 is 1.30 bits per heavy atom. The molecule has 3 heterocycles. The molecular weight excluding hydrogens is 348 g/mol. The van der Waals surface area contributed by atoms with Crippen molar-refractivity contribution in [2.75, 3.05) is 0 Å². The molecule has 0 aromatic carbocycles. The summed E-state index contributed by atoms with van der Waals surface area (Å²) in [7, 11) is 0. The lowest BCUT2D eigenvalue weighted by atomic mass is 10.2. The number of aromatic carboxylic acids is 1. The molecule has 100 valence electrons. The molecule has 8 heteroatoms. The zero-order valence-corrected chi connectivity index (χ0v) is 12.1. The Bertz CT molecular complexity index is 833. The lowest BCUT2D eigenvalue weighted by molar-refractivity contribution is 0.0696. The number of fused-ring (bicyclic) bond motifs is 1. The van der Waals surface area contributed by atoms with E-state index in [0.29, 0.717) is 17.0 Å². The van der Waals surface area contributed by atoms with E-state index in [0.717, 1.165) is 4.47 Å². The molecule has 0 saturated heterocycles. The molecule has 0 aliphatic carbocycles. The van der Waals surface area contributed by atoms with Crippen LogP contribution in [0.3, 0.4) is 0 Å². The van der Waals surface area contributed by atoms with E-state index >= 15 is 0 Å². The summed E-state index contributed by atoms with van der Waals surface area (Å²) < 4.78 is 2.32. The molecule has 0 atom stereocenters. The standard InChI is InChI=1S/C12H6BrClN4O2/c13-8-1-6(3-15-4-8)10-16-17-11-9(14)2-7(12(19)20)5-18(10)11/h1-5H,(H,19,20). The lowest BCUT2D eigenvalue weighted by Crippen LogP contribution is -2.00. The number of carbonyl (C=O) groups is 1. The number of hydrogen-bond acceptors (Lipinski definition) is 4. The van der Waals surface area contributed by atoms with E-state index in [1.165, 1.54) is 16.7 Å². The van der Waals surface area contributed by atoms with Crippen molar-refractivity contribution in [1.29, 1.82) is 0 Å². The number of halogens is 2. The number of hydrogen-bond donors (Lipinski definition) is 1. The van der Waals surface area contributed by atoms with Gasteiger partial charge in [-0.3, -0.25) is 9.38 Å². The lowest BCUT2D eigenvalue weighted by Gasteiger charge is -2.03. The highest BCUT2D eigenvalue weighted by atomic mass is 79.9. The van der Waals surface area contributed by atoms with Gasteiger partial charge in [0.15, 0.2) is 11.5 Å². The molecular formula is C12H6BrClN4O2. The molecule has 0 radical (unpaired) electrons. The van der Waals surface area contributed by atoms with Crippen LogP contribution in [0.1, 0.15) is 10.4 Å². The predicted molar refractivity (Wildman–Crippen MR) is 75.9 cm³/mol. The van der Waals surface area contributed by atoms with E-state index in [9.17, 15) is 4.79 Å². The Kier molecular flexibility index (Phi) is 3.15. The van der Waals surface area contributed by atoms with Crippen LogP contribution in [0.2, 0.25) is 5.02 Å². The Hall–Kier alpha value is -1.99. The summed E-state index contributed by atoms with van der Waals surface area (Å²) in [5.41, 5.74) is 1.16. The van der Waals surface area contributed by atoms with E-state index in [-0.39, 0.29) is 10.6 Å². The van der Waals surface area contributed by atoms with Gasteiger partial charge in [-0.05, 0) is 28.1 Å². The minimum absolute atomic E-state index is 0.0616. The summed E-state index contributed by atoms with van der Waals surface area (Å²) in [5.74, 6) is -0.598. The van der Waals surface area contributed by atoms with E-state index in [2.05, 4.69) is 31.1 Å². The number of carboxylic acid groups (broad SMARTS) is 1. The molecule has 0 unspecified atom stereocenters. The minimum Gasteiger partial charge on any atom is -0.478 e. The number of pyridine rings is 2. The van der Waals surface area contributed by atoms with Crippen molar-refractivity contribution >= 4 is 39.1 Å². The zero-order valence-electron chi connectivity index (χ0n) is 9.79. The fraction of sp³-hybridized carbons (Fsp3) is 0. The maximum absolute atomic E-state index is 11.1. The summed E-state index contributed by atoms with van der Waals surface area (Å²) in [6.07, 6.45) is 4.69. The predicted octanol–water partition coefficient (Wildman–Crippen LogP) is 2.91. The monoisotopic (exact) mass is 352 g/mol. The summed E-state index contributed by atoms with van der Waals surface area (Å²) in [6, 6.07) is 3.15. The highest BCUT2D eigenvalue weighted by Crippen LogP contribution is 2.25. The molecule has 0 bridgehead atoms. The third kappa shape index (κ3) is 2.14. The van der Waals surface area contributed by atoms with Gasteiger partial charge in [-0.1, -0.05) is 11.6 Å². The van der Waals surface area contributed by atoms with Crippen molar-refractivity contribution in [2.24, 2.45) is 0 Å². The maximum Gasteiger partial charge on any atom is 0.337 e. The molecule has 0 fully saturated rings. The fourth-order valence-electron chi connectivity index (χ4n) is 1.80. The SMILES string of the molecule is O=C(O)c1cc(Cl)c2nnc(-c3cncc(Br)c3)n2c1. The van der Waals surface area contributed by atoms with Gasteiger partial charge < -0.3 is 5.11 Å². The second-order valence-corrected chi connectivity index (χ2v) is 5.31. The van der Waals surface area contributed by atoms with Crippen molar-refractivity contribution in [3.8, 4) is 11.4 Å². The van der Waals surface area contributed by atoms with Gasteiger partial charge in [0.25, 0.3) is 0 Å². The molecule has 3 rings (SSSR count). The average molecular weight is 354 g/mol. The van der Waals surface area contributed by atoms with Gasteiger partial charge >= 0.3 is 5.97 Å². The normalized spacial score (nSPS) is 10.9. The average Bonchev–Trinajstić information content (AvgIpc) is 2.83. The molecule has 0 aliphatic heterocycles. The zero-order chi connectivity index (χ0) is 14.3. The minimum atomic E-state index is -1.07. The van der Waals surface area contributed by atoms with Crippen LogP contribution in [-0.4, -0.2) is 30.7 Å².